The number of piperidine rings is 1. The van der Waals surface area contributed by atoms with E-state index in [2.05, 4.69) is 11.8 Å². The molecule has 3 heteroatoms. The van der Waals surface area contributed by atoms with Gasteiger partial charge in [0.25, 0.3) is 0 Å². The lowest BCUT2D eigenvalue weighted by molar-refractivity contribution is 0.0916. The van der Waals surface area contributed by atoms with Gasteiger partial charge in [-0.25, -0.2) is 0 Å². The summed E-state index contributed by atoms with van der Waals surface area (Å²) in [5.41, 5.74) is 0.913. The van der Waals surface area contributed by atoms with E-state index in [4.69, 9.17) is 11.6 Å². The van der Waals surface area contributed by atoms with Crippen molar-refractivity contribution in [3.63, 3.8) is 0 Å². The molecule has 1 N–H and O–H groups in total. The Bertz CT molecular complexity index is 361. The molecule has 0 aliphatic carbocycles. The molecule has 17 heavy (non-hydrogen) atoms. The topological polar surface area (TPSA) is 23.5 Å². The van der Waals surface area contributed by atoms with Crippen LogP contribution < -0.4 is 0 Å². The quantitative estimate of drug-likeness (QED) is 0.895. The van der Waals surface area contributed by atoms with Gasteiger partial charge in [-0.05, 0) is 49.5 Å². The van der Waals surface area contributed by atoms with E-state index >= 15 is 0 Å². The normalized spacial score (nSPS) is 20.4. The molecule has 2 rings (SSSR count). The first-order valence-electron chi connectivity index (χ1n) is 6.31. The zero-order valence-corrected chi connectivity index (χ0v) is 11.0. The second-order valence-corrected chi connectivity index (χ2v) is 5.49. The van der Waals surface area contributed by atoms with Crippen molar-refractivity contribution >= 4 is 11.6 Å². The first-order valence-corrected chi connectivity index (χ1v) is 6.69. The summed E-state index contributed by atoms with van der Waals surface area (Å²) in [6.45, 7) is 5.20. The Morgan fingerprint density at radius 1 is 1.41 bits per heavy atom. The number of hydrogen-bond acceptors (Lipinski definition) is 2. The average Bonchev–Trinajstić information content (AvgIpc) is 2.32. The van der Waals surface area contributed by atoms with Crippen molar-refractivity contribution in [3.8, 4) is 0 Å². The molecule has 1 aromatic carbocycles. The van der Waals surface area contributed by atoms with Crippen LogP contribution in [0.25, 0.3) is 0 Å². The minimum Gasteiger partial charge on any atom is -0.387 e. The summed E-state index contributed by atoms with van der Waals surface area (Å²) in [4.78, 5) is 2.34. The Labute approximate surface area is 108 Å². The molecular weight excluding hydrogens is 234 g/mol. The van der Waals surface area contributed by atoms with Gasteiger partial charge in [-0.1, -0.05) is 30.7 Å². The second kappa shape index (κ2) is 5.85. The summed E-state index contributed by atoms with van der Waals surface area (Å²) in [6, 6.07) is 7.50. The molecule has 94 valence electrons. The van der Waals surface area contributed by atoms with Gasteiger partial charge < -0.3 is 10.0 Å². The van der Waals surface area contributed by atoms with Gasteiger partial charge in [0.05, 0.1) is 6.10 Å². The van der Waals surface area contributed by atoms with E-state index in [1.165, 1.54) is 12.8 Å². The SMILES string of the molecule is CC1CCN(CC(O)c2cccc(Cl)c2)CC1. The summed E-state index contributed by atoms with van der Waals surface area (Å²) >= 11 is 5.93. The van der Waals surface area contributed by atoms with E-state index in [9.17, 15) is 5.11 Å². The number of nitrogens with zero attached hydrogens (tertiary/aromatic N) is 1. The smallest absolute Gasteiger partial charge is 0.0917 e. The van der Waals surface area contributed by atoms with Crippen LogP contribution in [0.1, 0.15) is 31.4 Å². The van der Waals surface area contributed by atoms with Crippen LogP contribution >= 0.6 is 11.6 Å². The minimum absolute atomic E-state index is 0.429. The van der Waals surface area contributed by atoms with E-state index < -0.39 is 6.10 Å². The highest BCUT2D eigenvalue weighted by Crippen LogP contribution is 2.21. The van der Waals surface area contributed by atoms with E-state index in [-0.39, 0.29) is 0 Å². The number of likely N-dealkylation sites (tertiary alicyclic amines) is 1. The molecule has 1 unspecified atom stereocenters. The zero-order valence-electron chi connectivity index (χ0n) is 10.3. The number of aliphatic hydroxyl groups excluding tert-OH is 1. The highest BCUT2D eigenvalue weighted by molar-refractivity contribution is 6.30. The lowest BCUT2D eigenvalue weighted by atomic mass is 9.98. The van der Waals surface area contributed by atoms with Crippen LogP contribution in [0, 0.1) is 5.92 Å². The minimum atomic E-state index is -0.429. The number of benzene rings is 1. The predicted octanol–water partition coefficient (Wildman–Crippen LogP) is 3.11. The number of aliphatic hydroxyl groups is 1. The second-order valence-electron chi connectivity index (χ2n) is 5.05. The molecule has 1 aliphatic rings. The standard InChI is InChI=1S/C14H20ClNO/c1-11-5-7-16(8-6-11)10-14(17)12-3-2-4-13(15)9-12/h2-4,9,11,14,17H,5-8,10H2,1H3. The van der Waals surface area contributed by atoms with E-state index in [1.54, 1.807) is 0 Å². The fraction of sp³-hybridized carbons (Fsp3) is 0.571. The average molecular weight is 254 g/mol. The van der Waals surface area contributed by atoms with E-state index in [0.29, 0.717) is 11.6 Å². The Morgan fingerprint density at radius 2 is 2.12 bits per heavy atom. The predicted molar refractivity (Wildman–Crippen MR) is 71.2 cm³/mol. The Hall–Kier alpha value is -0.570. The lowest BCUT2D eigenvalue weighted by Gasteiger charge is -2.31. The number of rotatable bonds is 3. The van der Waals surface area contributed by atoms with E-state index in [1.807, 2.05) is 24.3 Å². The molecule has 1 saturated heterocycles. The van der Waals surface area contributed by atoms with Crippen molar-refractivity contribution in [1.29, 1.82) is 0 Å². The third kappa shape index (κ3) is 3.70. The third-order valence-electron chi connectivity index (χ3n) is 3.54. The highest BCUT2D eigenvalue weighted by Gasteiger charge is 2.19. The van der Waals surface area contributed by atoms with Gasteiger partial charge in [0.15, 0.2) is 0 Å². The molecule has 0 saturated carbocycles. The van der Waals surface area contributed by atoms with Crippen molar-refractivity contribution in [2.75, 3.05) is 19.6 Å². The van der Waals surface area contributed by atoms with Crippen LogP contribution in [0.5, 0.6) is 0 Å². The first kappa shape index (κ1) is 12.9. The molecule has 1 heterocycles. The van der Waals surface area contributed by atoms with Gasteiger partial charge in [0.2, 0.25) is 0 Å². The molecule has 0 radical (unpaired) electrons. The maximum Gasteiger partial charge on any atom is 0.0917 e. The fourth-order valence-corrected chi connectivity index (χ4v) is 2.51. The van der Waals surface area contributed by atoms with Crippen molar-refractivity contribution < 1.29 is 5.11 Å². The summed E-state index contributed by atoms with van der Waals surface area (Å²) in [5.74, 6) is 0.828. The highest BCUT2D eigenvalue weighted by atomic mass is 35.5. The summed E-state index contributed by atoms with van der Waals surface area (Å²) in [7, 11) is 0. The van der Waals surface area contributed by atoms with Gasteiger partial charge in [0.1, 0.15) is 0 Å². The molecule has 1 atom stereocenters. The van der Waals surface area contributed by atoms with Crippen LogP contribution in [0.3, 0.4) is 0 Å². The molecule has 1 aromatic rings. The Kier molecular flexibility index (Phi) is 4.43. The fourth-order valence-electron chi connectivity index (χ4n) is 2.31. The van der Waals surface area contributed by atoms with Crippen LogP contribution in [-0.4, -0.2) is 29.6 Å². The first-order chi connectivity index (χ1) is 8.15. The van der Waals surface area contributed by atoms with Crippen LogP contribution in [0.2, 0.25) is 5.02 Å². The van der Waals surface area contributed by atoms with Crippen molar-refractivity contribution in [1.82, 2.24) is 4.90 Å². The third-order valence-corrected chi connectivity index (χ3v) is 3.78. The molecule has 0 amide bonds. The summed E-state index contributed by atoms with van der Waals surface area (Å²) in [5, 5.41) is 10.9. The number of hydrogen-bond donors (Lipinski definition) is 1. The van der Waals surface area contributed by atoms with Gasteiger partial charge >= 0.3 is 0 Å². The van der Waals surface area contributed by atoms with Gasteiger partial charge in [-0.2, -0.15) is 0 Å². The molecule has 0 aromatic heterocycles. The maximum absolute atomic E-state index is 10.2. The molecular formula is C14H20ClNO. The number of halogens is 1. The molecule has 1 aliphatic heterocycles. The Balaban J connectivity index is 1.90. The van der Waals surface area contributed by atoms with Gasteiger partial charge in [-0.15, -0.1) is 0 Å². The molecule has 0 spiro atoms. The van der Waals surface area contributed by atoms with Crippen molar-refractivity contribution in [3.05, 3.63) is 34.9 Å². The monoisotopic (exact) mass is 253 g/mol. The largest absolute Gasteiger partial charge is 0.387 e. The maximum atomic E-state index is 10.2. The zero-order chi connectivity index (χ0) is 12.3. The molecule has 2 nitrogen and oxygen atoms in total. The van der Waals surface area contributed by atoms with E-state index in [0.717, 1.165) is 24.6 Å². The number of β-amino-alcohol motifs (C(OH)–C–C–N with tert-alkyl or cyclic N) is 1. The van der Waals surface area contributed by atoms with Crippen LogP contribution in [0.4, 0.5) is 0 Å². The van der Waals surface area contributed by atoms with Crippen molar-refractivity contribution in [2.45, 2.75) is 25.9 Å². The van der Waals surface area contributed by atoms with Crippen LogP contribution in [0.15, 0.2) is 24.3 Å². The molecule has 0 bridgehead atoms. The van der Waals surface area contributed by atoms with Crippen LogP contribution in [-0.2, 0) is 0 Å². The Morgan fingerprint density at radius 3 is 2.76 bits per heavy atom. The summed E-state index contributed by atoms with van der Waals surface area (Å²) < 4.78 is 0. The van der Waals surface area contributed by atoms with Crippen molar-refractivity contribution in [2.24, 2.45) is 5.92 Å². The van der Waals surface area contributed by atoms with Gasteiger partial charge in [-0.3, -0.25) is 0 Å². The summed E-state index contributed by atoms with van der Waals surface area (Å²) in [6.07, 6.45) is 2.05. The molecule has 1 fully saturated rings. The lowest BCUT2D eigenvalue weighted by Crippen LogP contribution is -2.35. The van der Waals surface area contributed by atoms with Gasteiger partial charge in [0, 0.05) is 11.6 Å².